The van der Waals surface area contributed by atoms with Crippen LogP contribution in [0, 0.1) is 0 Å². The maximum Gasteiger partial charge on any atom is 0.295 e. The van der Waals surface area contributed by atoms with Crippen LogP contribution in [0.3, 0.4) is 0 Å². The van der Waals surface area contributed by atoms with Gasteiger partial charge in [-0.1, -0.05) is 44.2 Å². The molecule has 0 saturated carbocycles. The van der Waals surface area contributed by atoms with Crippen molar-refractivity contribution in [1.29, 1.82) is 0 Å². The van der Waals surface area contributed by atoms with Gasteiger partial charge in [-0.25, -0.2) is 0 Å². The van der Waals surface area contributed by atoms with Gasteiger partial charge in [-0.2, -0.15) is 0 Å². The van der Waals surface area contributed by atoms with Gasteiger partial charge in [-0.15, -0.1) is 0 Å². The second-order valence-corrected chi connectivity index (χ2v) is 7.02. The minimum absolute atomic E-state index is 0.134. The highest BCUT2D eigenvalue weighted by Crippen LogP contribution is 2.39. The molecule has 2 aromatic rings. The van der Waals surface area contributed by atoms with Gasteiger partial charge in [0, 0.05) is 24.5 Å². The molecule has 3 rings (SSSR count). The number of aliphatic hydroxyl groups excluding tert-OH is 1. The van der Waals surface area contributed by atoms with E-state index >= 15 is 0 Å². The largest absolute Gasteiger partial charge is 0.507 e. The van der Waals surface area contributed by atoms with Crippen molar-refractivity contribution >= 4 is 17.4 Å². The molecule has 1 unspecified atom stereocenters. The molecule has 1 atom stereocenters. The first-order chi connectivity index (χ1) is 14.1. The highest BCUT2D eigenvalue weighted by molar-refractivity contribution is 6.46. The molecule has 29 heavy (non-hydrogen) atoms. The van der Waals surface area contributed by atoms with Crippen molar-refractivity contribution in [2.24, 2.45) is 0 Å². The lowest BCUT2D eigenvalue weighted by Crippen LogP contribution is -2.33. The van der Waals surface area contributed by atoms with Gasteiger partial charge in [0.15, 0.2) is 0 Å². The van der Waals surface area contributed by atoms with E-state index in [-0.39, 0.29) is 11.3 Å². The molecular formula is C23H27N3O3. The number of carbonyl (C=O) groups excluding carboxylic acids is 2. The summed E-state index contributed by atoms with van der Waals surface area (Å²) < 4.78 is 0. The number of pyridine rings is 1. The zero-order chi connectivity index (χ0) is 20.8. The Bertz CT molecular complexity index is 877. The van der Waals surface area contributed by atoms with Crippen molar-refractivity contribution in [3.8, 4) is 0 Å². The number of carbonyl (C=O) groups is 2. The van der Waals surface area contributed by atoms with Crippen LogP contribution in [0.2, 0.25) is 0 Å². The van der Waals surface area contributed by atoms with Gasteiger partial charge in [-0.3, -0.25) is 14.6 Å². The predicted molar refractivity (Wildman–Crippen MR) is 112 cm³/mol. The first-order valence-electron chi connectivity index (χ1n) is 10.0. The molecule has 1 aliphatic heterocycles. The van der Waals surface area contributed by atoms with Gasteiger partial charge in [-0.05, 0) is 43.8 Å². The molecule has 0 bridgehead atoms. The van der Waals surface area contributed by atoms with Gasteiger partial charge in [0.2, 0.25) is 0 Å². The van der Waals surface area contributed by atoms with E-state index in [1.54, 1.807) is 53.7 Å². The van der Waals surface area contributed by atoms with Gasteiger partial charge in [0.05, 0.1) is 11.6 Å². The predicted octanol–water partition coefficient (Wildman–Crippen LogP) is 3.24. The Morgan fingerprint density at radius 1 is 1.07 bits per heavy atom. The van der Waals surface area contributed by atoms with Gasteiger partial charge in [0.25, 0.3) is 11.7 Å². The number of ketones is 1. The van der Waals surface area contributed by atoms with Crippen LogP contribution in [0.4, 0.5) is 0 Å². The Morgan fingerprint density at radius 2 is 1.72 bits per heavy atom. The molecule has 152 valence electrons. The fourth-order valence-electron chi connectivity index (χ4n) is 3.76. The SMILES string of the molecule is CCN(CC)CCCN1C(=O)C(=O)/C(=C(\O)c2ccccc2)C1c1ccncc1. The highest BCUT2D eigenvalue weighted by atomic mass is 16.3. The quantitative estimate of drug-likeness (QED) is 0.423. The Kier molecular flexibility index (Phi) is 6.77. The standard InChI is InChI=1S/C23H27N3O3/c1-3-25(4-2)15-8-16-26-20(17-11-13-24-14-12-17)19(22(28)23(26)29)21(27)18-9-6-5-7-10-18/h5-7,9-14,20,27H,3-4,8,15-16H2,1-2H3/b21-19-. The molecule has 6 nitrogen and oxygen atoms in total. The number of likely N-dealkylation sites (tertiary alicyclic amines) is 1. The van der Waals surface area contributed by atoms with Crippen LogP contribution in [0.25, 0.3) is 5.76 Å². The smallest absolute Gasteiger partial charge is 0.295 e. The number of hydrogen-bond donors (Lipinski definition) is 1. The Balaban J connectivity index is 1.98. The number of rotatable bonds is 8. The average molecular weight is 393 g/mol. The van der Waals surface area contributed by atoms with Gasteiger partial charge >= 0.3 is 0 Å². The maximum absolute atomic E-state index is 12.9. The Morgan fingerprint density at radius 3 is 2.34 bits per heavy atom. The number of hydrogen-bond acceptors (Lipinski definition) is 5. The lowest BCUT2D eigenvalue weighted by molar-refractivity contribution is -0.140. The van der Waals surface area contributed by atoms with E-state index in [2.05, 4.69) is 23.7 Å². The van der Waals surface area contributed by atoms with E-state index in [1.165, 1.54) is 0 Å². The molecule has 0 radical (unpaired) electrons. The number of amides is 1. The molecule has 1 aromatic carbocycles. The third-order valence-corrected chi connectivity index (χ3v) is 5.38. The summed E-state index contributed by atoms with van der Waals surface area (Å²) in [6.45, 7) is 7.38. The van der Waals surface area contributed by atoms with Crippen molar-refractivity contribution in [3.63, 3.8) is 0 Å². The number of aromatic nitrogens is 1. The van der Waals surface area contributed by atoms with Crippen LogP contribution in [-0.2, 0) is 9.59 Å². The summed E-state index contributed by atoms with van der Waals surface area (Å²) in [7, 11) is 0. The fraction of sp³-hybridized carbons (Fsp3) is 0.348. The first-order valence-corrected chi connectivity index (χ1v) is 10.0. The zero-order valence-electron chi connectivity index (χ0n) is 16.9. The van der Waals surface area contributed by atoms with Crippen LogP contribution in [0.15, 0.2) is 60.4 Å². The number of benzene rings is 1. The number of aliphatic hydroxyl groups is 1. The van der Waals surface area contributed by atoms with Crippen molar-refractivity contribution in [1.82, 2.24) is 14.8 Å². The summed E-state index contributed by atoms with van der Waals surface area (Å²) in [5.74, 6) is -1.35. The maximum atomic E-state index is 12.9. The molecule has 1 aliphatic rings. The Hall–Kier alpha value is -2.99. The fourth-order valence-corrected chi connectivity index (χ4v) is 3.76. The van der Waals surface area contributed by atoms with Crippen molar-refractivity contribution in [3.05, 3.63) is 71.6 Å². The number of Topliss-reactive ketones (excluding diaryl/α,β-unsaturated/α-hetero) is 1. The number of nitrogens with zero attached hydrogens (tertiary/aromatic N) is 3. The van der Waals surface area contributed by atoms with Gasteiger partial charge in [0.1, 0.15) is 5.76 Å². The van der Waals surface area contributed by atoms with E-state index in [9.17, 15) is 14.7 Å². The van der Waals surface area contributed by atoms with Crippen LogP contribution in [0.5, 0.6) is 0 Å². The third kappa shape index (κ3) is 4.38. The van der Waals surface area contributed by atoms with Crippen molar-refractivity contribution < 1.29 is 14.7 Å². The normalized spacial score (nSPS) is 18.6. The molecule has 6 heteroatoms. The zero-order valence-corrected chi connectivity index (χ0v) is 16.9. The summed E-state index contributed by atoms with van der Waals surface area (Å²) in [5, 5.41) is 10.9. The van der Waals surface area contributed by atoms with E-state index in [0.717, 1.165) is 31.6 Å². The molecule has 2 heterocycles. The summed E-state index contributed by atoms with van der Waals surface area (Å²) >= 11 is 0. The molecule has 1 aromatic heterocycles. The molecule has 0 spiro atoms. The van der Waals surface area contributed by atoms with Crippen LogP contribution >= 0.6 is 0 Å². The van der Waals surface area contributed by atoms with E-state index in [4.69, 9.17) is 0 Å². The van der Waals surface area contributed by atoms with E-state index < -0.39 is 17.7 Å². The second-order valence-electron chi connectivity index (χ2n) is 7.02. The first kappa shape index (κ1) is 20.7. The van der Waals surface area contributed by atoms with Crippen molar-refractivity contribution in [2.45, 2.75) is 26.3 Å². The lowest BCUT2D eigenvalue weighted by atomic mass is 9.96. The highest BCUT2D eigenvalue weighted by Gasteiger charge is 2.45. The Labute approximate surface area is 171 Å². The molecule has 1 amide bonds. The average Bonchev–Trinajstić information content (AvgIpc) is 3.02. The van der Waals surface area contributed by atoms with Crippen LogP contribution in [0.1, 0.15) is 37.4 Å². The molecule has 1 fully saturated rings. The second kappa shape index (κ2) is 9.47. The van der Waals surface area contributed by atoms with E-state index in [1.807, 2.05) is 6.07 Å². The minimum atomic E-state index is -0.643. The molecular weight excluding hydrogens is 366 g/mol. The lowest BCUT2D eigenvalue weighted by Gasteiger charge is -2.26. The molecule has 0 aliphatic carbocycles. The van der Waals surface area contributed by atoms with Crippen LogP contribution in [-0.4, -0.2) is 57.8 Å². The molecule has 1 saturated heterocycles. The summed E-state index contributed by atoms with van der Waals surface area (Å²) in [4.78, 5) is 33.6. The van der Waals surface area contributed by atoms with E-state index in [0.29, 0.717) is 12.1 Å². The summed E-state index contributed by atoms with van der Waals surface area (Å²) in [5.41, 5.74) is 1.42. The topological polar surface area (TPSA) is 73.7 Å². The van der Waals surface area contributed by atoms with Crippen LogP contribution < -0.4 is 0 Å². The molecule has 1 N–H and O–H groups in total. The van der Waals surface area contributed by atoms with Gasteiger partial charge < -0.3 is 14.9 Å². The van der Waals surface area contributed by atoms with Crippen molar-refractivity contribution in [2.75, 3.05) is 26.2 Å². The summed E-state index contributed by atoms with van der Waals surface area (Å²) in [6, 6.07) is 11.8. The summed E-state index contributed by atoms with van der Waals surface area (Å²) in [6.07, 6.45) is 4.02. The monoisotopic (exact) mass is 393 g/mol. The third-order valence-electron chi connectivity index (χ3n) is 5.38. The minimum Gasteiger partial charge on any atom is -0.507 e.